The Hall–Kier alpha value is -1.11. The number of hydrogen-bond donors (Lipinski definition) is 1. The number of carboxylic acids is 1. The molecule has 0 aromatic carbocycles. The quantitative estimate of drug-likeness (QED) is 0.769. The molecule has 3 amide bonds. The van der Waals surface area contributed by atoms with Gasteiger partial charge in [-0.2, -0.15) is 0 Å². The third kappa shape index (κ3) is 2.18. The van der Waals surface area contributed by atoms with Crippen molar-refractivity contribution in [2.75, 3.05) is 13.6 Å². The molecular formula is C9H13BrN2O4. The van der Waals surface area contributed by atoms with Crippen molar-refractivity contribution >= 4 is 33.8 Å². The minimum atomic E-state index is -1.16. The van der Waals surface area contributed by atoms with Crippen molar-refractivity contribution in [3.63, 3.8) is 0 Å². The number of nitrogens with zero attached hydrogens (tertiary/aromatic N) is 2. The third-order valence-electron chi connectivity index (χ3n) is 2.44. The number of urea groups is 1. The summed E-state index contributed by atoms with van der Waals surface area (Å²) in [6.07, 6.45) is 0.499. The molecule has 0 aromatic heterocycles. The smallest absolute Gasteiger partial charge is 0.328 e. The van der Waals surface area contributed by atoms with Gasteiger partial charge in [0.2, 0.25) is 5.91 Å². The van der Waals surface area contributed by atoms with E-state index in [0.717, 1.165) is 4.90 Å². The summed E-state index contributed by atoms with van der Waals surface area (Å²) in [4.78, 5) is 35.9. The van der Waals surface area contributed by atoms with Crippen molar-refractivity contribution in [1.82, 2.24) is 9.80 Å². The molecular weight excluding hydrogens is 280 g/mol. The van der Waals surface area contributed by atoms with E-state index in [2.05, 4.69) is 15.9 Å². The minimum absolute atomic E-state index is 0.0311. The van der Waals surface area contributed by atoms with Gasteiger partial charge >= 0.3 is 12.0 Å². The number of likely N-dealkylation sites (N-methyl/N-ethyl adjacent to an activating group) is 1. The Morgan fingerprint density at radius 3 is 2.62 bits per heavy atom. The molecule has 16 heavy (non-hydrogen) atoms. The molecule has 1 rings (SSSR count). The van der Waals surface area contributed by atoms with Crippen molar-refractivity contribution in [3.05, 3.63) is 0 Å². The molecule has 90 valence electrons. The molecule has 7 heteroatoms. The molecule has 0 saturated carbocycles. The summed E-state index contributed by atoms with van der Waals surface area (Å²) in [7, 11) is 1.47. The predicted octanol–water partition coefficient (Wildman–Crippen LogP) is 0.507. The van der Waals surface area contributed by atoms with Gasteiger partial charge in [0.1, 0.15) is 0 Å². The van der Waals surface area contributed by atoms with Gasteiger partial charge in [-0.15, -0.1) is 0 Å². The largest absolute Gasteiger partial charge is 0.480 e. The lowest BCUT2D eigenvalue weighted by Crippen LogP contribution is -2.46. The summed E-state index contributed by atoms with van der Waals surface area (Å²) >= 11 is 3.12. The second-order valence-electron chi connectivity index (χ2n) is 3.60. The van der Waals surface area contributed by atoms with Crippen LogP contribution in [0, 0.1) is 0 Å². The molecule has 0 aromatic rings. The highest BCUT2D eigenvalue weighted by molar-refractivity contribution is 9.10. The molecule has 1 fully saturated rings. The summed E-state index contributed by atoms with van der Waals surface area (Å²) in [5.41, 5.74) is 0. The van der Waals surface area contributed by atoms with Crippen LogP contribution in [-0.2, 0) is 9.59 Å². The molecule has 1 saturated heterocycles. The van der Waals surface area contributed by atoms with Gasteiger partial charge in [0.05, 0.1) is 11.4 Å². The van der Waals surface area contributed by atoms with Crippen LogP contribution < -0.4 is 0 Å². The van der Waals surface area contributed by atoms with Gasteiger partial charge in [-0.25, -0.2) is 14.5 Å². The van der Waals surface area contributed by atoms with Crippen LogP contribution in [0.3, 0.4) is 0 Å². The molecule has 0 aliphatic carbocycles. The summed E-state index contributed by atoms with van der Waals surface area (Å²) < 4.78 is 0. The maximum atomic E-state index is 11.8. The van der Waals surface area contributed by atoms with Crippen LogP contribution in [0.2, 0.25) is 0 Å². The monoisotopic (exact) mass is 292 g/mol. The van der Waals surface area contributed by atoms with Gasteiger partial charge in [-0.05, 0) is 6.42 Å². The number of carboxylic acid groups (broad SMARTS) is 1. The Kier molecular flexibility index (Phi) is 3.90. The van der Waals surface area contributed by atoms with Crippen molar-refractivity contribution in [3.8, 4) is 0 Å². The van der Waals surface area contributed by atoms with E-state index < -0.39 is 28.8 Å². The molecule has 1 aliphatic heterocycles. The van der Waals surface area contributed by atoms with Gasteiger partial charge in [0.15, 0.2) is 6.04 Å². The van der Waals surface area contributed by atoms with E-state index in [-0.39, 0.29) is 6.54 Å². The molecule has 0 spiro atoms. The van der Waals surface area contributed by atoms with Crippen LogP contribution in [0.25, 0.3) is 0 Å². The van der Waals surface area contributed by atoms with E-state index in [1.807, 2.05) is 0 Å². The van der Waals surface area contributed by atoms with E-state index in [4.69, 9.17) is 5.11 Å². The highest BCUT2D eigenvalue weighted by Crippen LogP contribution is 2.19. The van der Waals surface area contributed by atoms with Gasteiger partial charge in [-0.3, -0.25) is 4.79 Å². The van der Waals surface area contributed by atoms with E-state index in [9.17, 15) is 14.4 Å². The van der Waals surface area contributed by atoms with Crippen LogP contribution in [0.1, 0.15) is 13.3 Å². The fourth-order valence-electron chi connectivity index (χ4n) is 1.50. The van der Waals surface area contributed by atoms with Crippen molar-refractivity contribution < 1.29 is 19.5 Å². The first-order chi connectivity index (χ1) is 7.40. The Bertz CT molecular complexity index is 333. The highest BCUT2D eigenvalue weighted by Gasteiger charge is 2.44. The van der Waals surface area contributed by atoms with Crippen LogP contribution >= 0.6 is 15.9 Å². The van der Waals surface area contributed by atoms with Crippen LogP contribution in [-0.4, -0.2) is 57.3 Å². The number of aliphatic carboxylic acids is 1. The topological polar surface area (TPSA) is 77.9 Å². The molecule has 2 atom stereocenters. The normalized spacial score (nSPS) is 22.4. The number of imide groups is 1. The van der Waals surface area contributed by atoms with Gasteiger partial charge in [-0.1, -0.05) is 22.9 Å². The first-order valence-electron chi connectivity index (χ1n) is 4.85. The van der Waals surface area contributed by atoms with Crippen LogP contribution in [0.4, 0.5) is 4.79 Å². The SMILES string of the molecule is CCC(Br)C(=O)N1C(=O)N(C)C[C@H]1C(=O)O. The second-order valence-corrected chi connectivity index (χ2v) is 4.71. The summed E-state index contributed by atoms with van der Waals surface area (Å²) in [6, 6.07) is -1.65. The average Bonchev–Trinajstić information content (AvgIpc) is 2.54. The number of halogens is 1. The van der Waals surface area contributed by atoms with Gasteiger partial charge < -0.3 is 10.0 Å². The van der Waals surface area contributed by atoms with Crippen molar-refractivity contribution in [2.45, 2.75) is 24.2 Å². The first kappa shape index (κ1) is 13.0. The molecule has 1 N–H and O–H groups in total. The summed E-state index contributed by atoms with van der Waals surface area (Å²) in [5.74, 6) is -1.66. The van der Waals surface area contributed by atoms with Gasteiger partial charge in [0, 0.05) is 7.05 Å². The number of alkyl halides is 1. The van der Waals surface area contributed by atoms with E-state index in [1.54, 1.807) is 6.92 Å². The zero-order valence-electron chi connectivity index (χ0n) is 9.01. The number of rotatable bonds is 3. The molecule has 0 bridgehead atoms. The highest BCUT2D eigenvalue weighted by atomic mass is 79.9. The lowest BCUT2D eigenvalue weighted by molar-refractivity contribution is -0.145. The Labute approximate surface area is 101 Å². The molecule has 0 radical (unpaired) electrons. The van der Waals surface area contributed by atoms with Crippen molar-refractivity contribution in [2.24, 2.45) is 0 Å². The lowest BCUT2D eigenvalue weighted by atomic mass is 10.2. The number of hydrogen-bond acceptors (Lipinski definition) is 3. The maximum absolute atomic E-state index is 11.8. The van der Waals surface area contributed by atoms with E-state index >= 15 is 0 Å². The Morgan fingerprint density at radius 1 is 1.62 bits per heavy atom. The average molecular weight is 293 g/mol. The molecule has 1 aliphatic rings. The molecule has 1 heterocycles. The predicted molar refractivity (Wildman–Crippen MR) is 59.3 cm³/mol. The number of amides is 3. The zero-order valence-corrected chi connectivity index (χ0v) is 10.6. The number of carbonyl (C=O) groups excluding carboxylic acids is 2. The minimum Gasteiger partial charge on any atom is -0.480 e. The third-order valence-corrected chi connectivity index (χ3v) is 3.48. The van der Waals surface area contributed by atoms with E-state index in [0.29, 0.717) is 6.42 Å². The molecule has 6 nitrogen and oxygen atoms in total. The summed E-state index contributed by atoms with van der Waals surface area (Å²) in [6.45, 7) is 1.81. The van der Waals surface area contributed by atoms with E-state index in [1.165, 1.54) is 11.9 Å². The zero-order chi connectivity index (χ0) is 12.5. The second kappa shape index (κ2) is 4.82. The van der Waals surface area contributed by atoms with Crippen molar-refractivity contribution in [1.29, 1.82) is 0 Å². The van der Waals surface area contributed by atoms with Crippen LogP contribution in [0.5, 0.6) is 0 Å². The lowest BCUT2D eigenvalue weighted by Gasteiger charge is -2.20. The maximum Gasteiger partial charge on any atom is 0.328 e. The Morgan fingerprint density at radius 2 is 2.19 bits per heavy atom. The fourth-order valence-corrected chi connectivity index (χ4v) is 1.72. The van der Waals surface area contributed by atoms with Crippen LogP contribution in [0.15, 0.2) is 0 Å². The molecule has 1 unspecified atom stereocenters. The number of carbonyl (C=O) groups is 3. The first-order valence-corrected chi connectivity index (χ1v) is 5.76. The Balaban J connectivity index is 2.94. The fraction of sp³-hybridized carbons (Fsp3) is 0.667. The van der Waals surface area contributed by atoms with Gasteiger partial charge in [0.25, 0.3) is 0 Å². The summed E-state index contributed by atoms with van der Waals surface area (Å²) in [5, 5.41) is 8.93. The standard InChI is InChI=1S/C9H13BrN2O4/c1-3-5(10)7(13)12-6(8(14)15)4-11(2)9(12)16/h5-6H,3-4H2,1-2H3,(H,14,15)/t5?,6-/m0/s1.